The Kier molecular flexibility index (Phi) is 9.32. The van der Waals surface area contributed by atoms with E-state index in [9.17, 15) is 14.4 Å². The second-order valence-corrected chi connectivity index (χ2v) is 10.3. The molecule has 2 unspecified atom stereocenters. The SMILES string of the molecule is C=CCN1C(=O)NC(c2ccc(Cl)cc2)C(C(=O)OCC)=C1CN1CCN(C(=O)c2ccccc2Cl)C(C)C1. The van der Waals surface area contributed by atoms with Crippen molar-refractivity contribution in [3.63, 3.8) is 0 Å². The molecule has 10 heteroatoms. The van der Waals surface area contributed by atoms with Gasteiger partial charge in [-0.1, -0.05) is 53.5 Å². The van der Waals surface area contributed by atoms with E-state index in [1.165, 1.54) is 4.90 Å². The van der Waals surface area contributed by atoms with Crippen LogP contribution in [0.3, 0.4) is 0 Å². The van der Waals surface area contributed by atoms with Crippen LogP contribution in [-0.4, -0.2) is 78.0 Å². The summed E-state index contributed by atoms with van der Waals surface area (Å²) in [6.07, 6.45) is 1.62. The summed E-state index contributed by atoms with van der Waals surface area (Å²) in [7, 11) is 0. The van der Waals surface area contributed by atoms with Crippen LogP contribution < -0.4 is 5.32 Å². The lowest BCUT2D eigenvalue weighted by molar-refractivity contribution is -0.139. The normalized spacial score (nSPS) is 20.1. The van der Waals surface area contributed by atoms with Crippen molar-refractivity contribution in [1.29, 1.82) is 0 Å². The Morgan fingerprint density at radius 3 is 2.49 bits per heavy atom. The molecule has 8 nitrogen and oxygen atoms in total. The number of carbonyl (C=O) groups excluding carboxylic acids is 3. The van der Waals surface area contributed by atoms with Crippen LogP contribution in [0.5, 0.6) is 0 Å². The third kappa shape index (κ3) is 6.30. The van der Waals surface area contributed by atoms with E-state index in [2.05, 4.69) is 16.8 Å². The maximum Gasteiger partial charge on any atom is 0.338 e. The highest BCUT2D eigenvalue weighted by Crippen LogP contribution is 2.33. The zero-order valence-electron chi connectivity index (χ0n) is 22.0. The van der Waals surface area contributed by atoms with Crippen molar-refractivity contribution in [3.05, 3.63) is 93.6 Å². The van der Waals surface area contributed by atoms with Crippen molar-refractivity contribution in [2.75, 3.05) is 39.3 Å². The third-order valence-electron chi connectivity index (χ3n) is 6.90. The number of urea groups is 1. The van der Waals surface area contributed by atoms with Gasteiger partial charge in [-0.2, -0.15) is 0 Å². The number of esters is 1. The lowest BCUT2D eigenvalue weighted by Gasteiger charge is -2.43. The molecule has 0 spiro atoms. The molecular weight excluding hydrogens is 539 g/mol. The number of rotatable bonds is 8. The van der Waals surface area contributed by atoms with Crippen LogP contribution >= 0.6 is 23.2 Å². The van der Waals surface area contributed by atoms with E-state index in [1.807, 2.05) is 11.8 Å². The number of amides is 3. The summed E-state index contributed by atoms with van der Waals surface area (Å²) < 4.78 is 5.46. The summed E-state index contributed by atoms with van der Waals surface area (Å²) in [4.78, 5) is 45.3. The van der Waals surface area contributed by atoms with Crippen molar-refractivity contribution >= 4 is 41.1 Å². The van der Waals surface area contributed by atoms with Crippen molar-refractivity contribution in [2.24, 2.45) is 0 Å². The summed E-state index contributed by atoms with van der Waals surface area (Å²) in [5.41, 5.74) is 2.10. The molecule has 206 valence electrons. The van der Waals surface area contributed by atoms with E-state index in [1.54, 1.807) is 61.5 Å². The number of nitrogens with zero attached hydrogens (tertiary/aromatic N) is 3. The first kappa shape index (κ1) is 28.7. The molecule has 0 aromatic heterocycles. The standard InChI is InChI=1S/C29H32Cl2N4O4/c1-4-14-35-24(18-33-15-16-34(19(3)17-33)27(36)22-8-6-7-9-23(22)31)25(28(37)39-5-2)26(32-29(35)38)20-10-12-21(30)13-11-20/h4,6-13,19,26H,1,5,14-18H2,2-3H3,(H,32,38). The van der Waals surface area contributed by atoms with E-state index >= 15 is 0 Å². The van der Waals surface area contributed by atoms with Gasteiger partial charge in [-0.25, -0.2) is 9.59 Å². The van der Waals surface area contributed by atoms with Gasteiger partial charge in [-0.15, -0.1) is 6.58 Å². The molecule has 2 aliphatic rings. The minimum Gasteiger partial charge on any atom is -0.463 e. The van der Waals surface area contributed by atoms with Crippen LogP contribution in [0.2, 0.25) is 10.0 Å². The minimum absolute atomic E-state index is 0.118. The maximum atomic E-state index is 13.4. The summed E-state index contributed by atoms with van der Waals surface area (Å²) in [5.74, 6) is -0.616. The van der Waals surface area contributed by atoms with Gasteiger partial charge in [0.25, 0.3) is 5.91 Å². The van der Waals surface area contributed by atoms with Crippen molar-refractivity contribution in [3.8, 4) is 0 Å². The predicted octanol–water partition coefficient (Wildman–Crippen LogP) is 4.91. The molecule has 3 amide bonds. The van der Waals surface area contributed by atoms with Crippen molar-refractivity contribution < 1.29 is 19.1 Å². The molecule has 1 fully saturated rings. The summed E-state index contributed by atoms with van der Waals surface area (Å²) >= 11 is 12.4. The highest BCUT2D eigenvalue weighted by atomic mass is 35.5. The predicted molar refractivity (Wildman–Crippen MR) is 152 cm³/mol. The average molecular weight is 572 g/mol. The van der Waals surface area contributed by atoms with Gasteiger partial charge in [0.2, 0.25) is 0 Å². The zero-order chi connectivity index (χ0) is 28.1. The molecule has 2 aromatic rings. The quantitative estimate of drug-likeness (QED) is 0.360. The summed E-state index contributed by atoms with van der Waals surface area (Å²) in [5, 5.41) is 3.92. The fraction of sp³-hybridized carbons (Fsp3) is 0.345. The Balaban J connectivity index is 1.65. The van der Waals surface area contributed by atoms with Crippen LogP contribution in [0.25, 0.3) is 0 Å². The first-order valence-electron chi connectivity index (χ1n) is 12.9. The lowest BCUT2D eigenvalue weighted by atomic mass is 9.94. The molecule has 2 heterocycles. The fourth-order valence-electron chi connectivity index (χ4n) is 5.03. The third-order valence-corrected chi connectivity index (χ3v) is 7.48. The second-order valence-electron chi connectivity index (χ2n) is 9.48. The Bertz CT molecular complexity index is 1280. The molecule has 0 aliphatic carbocycles. The number of halogens is 2. The average Bonchev–Trinajstić information content (AvgIpc) is 2.91. The summed E-state index contributed by atoms with van der Waals surface area (Å²) in [6.45, 7) is 9.82. The van der Waals surface area contributed by atoms with Crippen LogP contribution in [0.4, 0.5) is 4.79 Å². The van der Waals surface area contributed by atoms with E-state index < -0.39 is 12.0 Å². The largest absolute Gasteiger partial charge is 0.463 e. The van der Waals surface area contributed by atoms with Gasteiger partial charge in [-0.05, 0) is 43.7 Å². The van der Waals surface area contributed by atoms with E-state index in [4.69, 9.17) is 27.9 Å². The Hall–Kier alpha value is -3.33. The van der Waals surface area contributed by atoms with Crippen LogP contribution in [0, 0.1) is 0 Å². The van der Waals surface area contributed by atoms with E-state index in [0.717, 1.165) is 5.56 Å². The van der Waals surface area contributed by atoms with E-state index in [-0.39, 0.29) is 31.1 Å². The first-order valence-corrected chi connectivity index (χ1v) is 13.6. The van der Waals surface area contributed by atoms with Gasteiger partial charge in [0.15, 0.2) is 0 Å². The number of hydrogen-bond donors (Lipinski definition) is 1. The van der Waals surface area contributed by atoms with Crippen molar-refractivity contribution in [1.82, 2.24) is 20.0 Å². The van der Waals surface area contributed by atoms with Crippen LogP contribution in [0.15, 0.2) is 72.5 Å². The topological polar surface area (TPSA) is 82.2 Å². The number of ether oxygens (including phenoxy) is 1. The monoisotopic (exact) mass is 570 g/mol. The highest BCUT2D eigenvalue weighted by molar-refractivity contribution is 6.33. The molecule has 1 saturated heterocycles. The molecular formula is C29H32Cl2N4O4. The maximum absolute atomic E-state index is 13.4. The van der Waals surface area contributed by atoms with Gasteiger partial charge >= 0.3 is 12.0 Å². The van der Waals surface area contributed by atoms with Gasteiger partial charge < -0.3 is 15.0 Å². The lowest BCUT2D eigenvalue weighted by Crippen LogP contribution is -2.56. The minimum atomic E-state index is -0.703. The van der Waals surface area contributed by atoms with Crippen LogP contribution in [0.1, 0.15) is 35.8 Å². The number of hydrogen-bond acceptors (Lipinski definition) is 5. The molecule has 2 aliphatic heterocycles. The molecule has 0 saturated carbocycles. The zero-order valence-corrected chi connectivity index (χ0v) is 23.5. The van der Waals surface area contributed by atoms with Gasteiger partial charge in [-0.3, -0.25) is 14.6 Å². The summed E-state index contributed by atoms with van der Waals surface area (Å²) in [6, 6.07) is 12.9. The van der Waals surface area contributed by atoms with Gasteiger partial charge in [0, 0.05) is 49.5 Å². The second kappa shape index (κ2) is 12.7. The van der Waals surface area contributed by atoms with Gasteiger partial charge in [0.1, 0.15) is 0 Å². The van der Waals surface area contributed by atoms with Gasteiger partial charge in [0.05, 0.1) is 28.8 Å². The molecule has 4 rings (SSSR count). The Morgan fingerprint density at radius 2 is 1.85 bits per heavy atom. The Morgan fingerprint density at radius 1 is 1.13 bits per heavy atom. The number of benzene rings is 2. The highest BCUT2D eigenvalue weighted by Gasteiger charge is 2.39. The van der Waals surface area contributed by atoms with Crippen LogP contribution in [-0.2, 0) is 9.53 Å². The molecule has 39 heavy (non-hydrogen) atoms. The molecule has 0 radical (unpaired) electrons. The number of carbonyl (C=O) groups is 3. The molecule has 2 aromatic carbocycles. The first-order chi connectivity index (χ1) is 18.7. The molecule has 0 bridgehead atoms. The number of nitrogens with one attached hydrogen (secondary N) is 1. The Labute approximate surface area is 238 Å². The molecule has 1 N–H and O–H groups in total. The smallest absolute Gasteiger partial charge is 0.338 e. The number of piperazine rings is 1. The van der Waals surface area contributed by atoms with E-state index in [0.29, 0.717) is 53.1 Å². The fourth-order valence-corrected chi connectivity index (χ4v) is 5.37. The van der Waals surface area contributed by atoms with Crippen molar-refractivity contribution in [2.45, 2.75) is 25.9 Å². The molecule has 2 atom stereocenters.